The van der Waals surface area contributed by atoms with Crippen LogP contribution < -0.4 is 0 Å². The third-order valence-electron chi connectivity index (χ3n) is 0.613. The maximum Gasteiger partial charge on any atom is 0.470 e. The molecule has 0 aromatic rings. The number of ether oxygens (including phenoxy) is 1. The van der Waals surface area contributed by atoms with Gasteiger partial charge in [-0.15, -0.1) is 4.91 Å². The van der Waals surface area contributed by atoms with Gasteiger partial charge in [0.05, 0.1) is 5.18 Å². The van der Waals surface area contributed by atoms with E-state index in [0.717, 1.165) is 0 Å². The van der Waals surface area contributed by atoms with Crippen molar-refractivity contribution in [3.63, 3.8) is 0 Å². The zero-order chi connectivity index (χ0) is 7.11. The minimum absolute atomic E-state index is 0.112. The zero-order valence-corrected chi connectivity index (χ0v) is 5.03. The molecule has 50 valence electrons. The molecule has 0 spiro atoms. The van der Waals surface area contributed by atoms with E-state index in [1.165, 1.54) is 0 Å². The molecule has 9 heavy (non-hydrogen) atoms. The molecule has 0 fully saturated rings. The van der Waals surface area contributed by atoms with E-state index in [1.54, 1.807) is 19.1 Å². The molecule has 0 radical (unpaired) electrons. The highest BCUT2D eigenvalue weighted by Gasteiger charge is 1.95. The summed E-state index contributed by atoms with van der Waals surface area (Å²) in [5.74, 6) is 0. The lowest BCUT2D eigenvalue weighted by Crippen LogP contribution is -1.96. The lowest BCUT2D eigenvalue weighted by atomic mass is 10.6. The van der Waals surface area contributed by atoms with Crippen LogP contribution in [-0.2, 0) is 4.74 Å². The summed E-state index contributed by atoms with van der Waals surface area (Å²) in [5, 5.41) is 2.02. The predicted octanol–water partition coefficient (Wildman–Crippen LogP) is 1.47. The van der Waals surface area contributed by atoms with E-state index >= 15 is 0 Å². The van der Waals surface area contributed by atoms with Gasteiger partial charge in [-0.25, -0.2) is 4.79 Å². The first-order valence-electron chi connectivity index (χ1n) is 2.42. The molecule has 0 saturated carbocycles. The number of carbonyl (C=O) groups excluding carboxylic acids is 1. The Morgan fingerprint density at radius 2 is 2.44 bits per heavy atom. The number of hydrogen-bond acceptors (Lipinski definition) is 3. The molecule has 0 rings (SSSR count). The van der Waals surface area contributed by atoms with Gasteiger partial charge in [-0.3, -0.25) is 0 Å². The molecule has 0 aliphatic carbocycles. The molecule has 4 heteroatoms. The van der Waals surface area contributed by atoms with Crippen LogP contribution in [0, 0.1) is 4.91 Å². The SMILES string of the molecule is C/C=C/COC(=O)N=O. The van der Waals surface area contributed by atoms with Crippen LogP contribution in [0.4, 0.5) is 4.79 Å². The van der Waals surface area contributed by atoms with E-state index in [9.17, 15) is 9.70 Å². The summed E-state index contributed by atoms with van der Waals surface area (Å²) in [7, 11) is 0. The first-order valence-corrected chi connectivity index (χ1v) is 2.42. The van der Waals surface area contributed by atoms with E-state index in [4.69, 9.17) is 0 Å². The Bertz CT molecular complexity index is 130. The summed E-state index contributed by atoms with van der Waals surface area (Å²) < 4.78 is 4.23. The number of rotatable bonds is 2. The standard InChI is InChI=1S/C5H7NO3/c1-2-3-4-9-5(7)6-8/h2-3H,4H2,1H3/b3-2+. The fraction of sp³-hybridized carbons (Fsp3) is 0.400. The van der Waals surface area contributed by atoms with Crippen molar-refractivity contribution in [3.8, 4) is 0 Å². The van der Waals surface area contributed by atoms with Crippen molar-refractivity contribution in [3.05, 3.63) is 17.1 Å². The third-order valence-corrected chi connectivity index (χ3v) is 0.613. The molecule has 0 aliphatic heterocycles. The first kappa shape index (κ1) is 7.81. The topological polar surface area (TPSA) is 55.7 Å². The van der Waals surface area contributed by atoms with Crippen LogP contribution in [0.15, 0.2) is 17.3 Å². The van der Waals surface area contributed by atoms with Gasteiger partial charge in [0.2, 0.25) is 0 Å². The van der Waals surface area contributed by atoms with Crippen molar-refractivity contribution in [1.82, 2.24) is 0 Å². The highest BCUT2D eigenvalue weighted by Crippen LogP contribution is 1.82. The number of amides is 1. The van der Waals surface area contributed by atoms with Gasteiger partial charge >= 0.3 is 6.09 Å². The largest absolute Gasteiger partial charge is 0.470 e. The fourth-order valence-corrected chi connectivity index (χ4v) is 0.242. The molecular weight excluding hydrogens is 122 g/mol. The van der Waals surface area contributed by atoms with Gasteiger partial charge in [0, 0.05) is 0 Å². The van der Waals surface area contributed by atoms with Crippen LogP contribution in [0.5, 0.6) is 0 Å². The first-order chi connectivity index (χ1) is 4.31. The Labute approximate surface area is 52.5 Å². The molecule has 0 aromatic heterocycles. The number of allylic oxidation sites excluding steroid dienone is 1. The number of nitrogens with zero attached hydrogens (tertiary/aromatic N) is 1. The van der Waals surface area contributed by atoms with Crippen molar-refractivity contribution in [2.24, 2.45) is 5.18 Å². The van der Waals surface area contributed by atoms with Crippen LogP contribution in [-0.4, -0.2) is 12.7 Å². The van der Waals surface area contributed by atoms with Crippen molar-refractivity contribution in [2.75, 3.05) is 6.61 Å². The third kappa shape index (κ3) is 4.67. The lowest BCUT2D eigenvalue weighted by molar-refractivity contribution is 0.169. The molecule has 1 amide bonds. The van der Waals surface area contributed by atoms with E-state index in [0.29, 0.717) is 0 Å². The smallest absolute Gasteiger partial charge is 0.442 e. The quantitative estimate of drug-likeness (QED) is 0.419. The second-order valence-corrected chi connectivity index (χ2v) is 1.24. The van der Waals surface area contributed by atoms with Crippen molar-refractivity contribution in [1.29, 1.82) is 0 Å². The highest BCUT2D eigenvalue weighted by atomic mass is 16.6. The van der Waals surface area contributed by atoms with Crippen molar-refractivity contribution < 1.29 is 9.53 Å². The van der Waals surface area contributed by atoms with Crippen LogP contribution in [0.25, 0.3) is 0 Å². The lowest BCUT2D eigenvalue weighted by Gasteiger charge is -1.89. The van der Waals surface area contributed by atoms with Crippen molar-refractivity contribution in [2.45, 2.75) is 6.92 Å². The summed E-state index contributed by atoms with van der Waals surface area (Å²) in [5.41, 5.74) is 0. The minimum Gasteiger partial charge on any atom is -0.442 e. The van der Waals surface area contributed by atoms with E-state index in [-0.39, 0.29) is 6.61 Å². The Kier molecular flexibility index (Phi) is 4.30. The number of carbonyl (C=O) groups is 1. The Morgan fingerprint density at radius 3 is 2.89 bits per heavy atom. The molecule has 4 nitrogen and oxygen atoms in total. The van der Waals surface area contributed by atoms with Gasteiger partial charge in [-0.1, -0.05) is 12.2 Å². The Hall–Kier alpha value is -1.19. The van der Waals surface area contributed by atoms with Crippen LogP contribution >= 0.6 is 0 Å². The molecular formula is C5H7NO3. The van der Waals surface area contributed by atoms with E-state index < -0.39 is 6.09 Å². The van der Waals surface area contributed by atoms with Crippen LogP contribution in [0.3, 0.4) is 0 Å². The molecule has 0 aromatic carbocycles. The second kappa shape index (κ2) is 4.96. The molecule has 0 heterocycles. The fourth-order valence-electron chi connectivity index (χ4n) is 0.242. The Morgan fingerprint density at radius 1 is 1.78 bits per heavy atom. The normalized spacial score (nSPS) is 9.44. The zero-order valence-electron chi connectivity index (χ0n) is 5.03. The summed E-state index contributed by atoms with van der Waals surface area (Å²) in [6.07, 6.45) is 2.23. The monoisotopic (exact) mass is 129 g/mol. The predicted molar refractivity (Wildman–Crippen MR) is 32.0 cm³/mol. The average Bonchev–Trinajstić information content (AvgIpc) is 1.89. The van der Waals surface area contributed by atoms with Gasteiger partial charge < -0.3 is 4.74 Å². The van der Waals surface area contributed by atoms with E-state index in [1.807, 2.05) is 5.18 Å². The van der Waals surface area contributed by atoms with Gasteiger partial charge in [-0.05, 0) is 6.92 Å². The minimum atomic E-state index is -1.08. The van der Waals surface area contributed by atoms with Crippen molar-refractivity contribution >= 4 is 6.09 Å². The maximum atomic E-state index is 9.95. The molecule has 0 bridgehead atoms. The van der Waals surface area contributed by atoms with Crippen LogP contribution in [0.2, 0.25) is 0 Å². The molecule has 0 N–H and O–H groups in total. The summed E-state index contributed by atoms with van der Waals surface area (Å²) in [6, 6.07) is 0. The number of hydrogen-bond donors (Lipinski definition) is 0. The summed E-state index contributed by atoms with van der Waals surface area (Å²) in [4.78, 5) is 19.3. The Balaban J connectivity index is 3.27. The highest BCUT2D eigenvalue weighted by molar-refractivity contribution is 5.67. The maximum absolute atomic E-state index is 9.95. The van der Waals surface area contributed by atoms with E-state index in [2.05, 4.69) is 4.74 Å². The van der Waals surface area contributed by atoms with Gasteiger partial charge in [0.15, 0.2) is 0 Å². The van der Waals surface area contributed by atoms with Gasteiger partial charge in [0.1, 0.15) is 6.61 Å². The average molecular weight is 129 g/mol. The van der Waals surface area contributed by atoms with Gasteiger partial charge in [-0.2, -0.15) is 0 Å². The van der Waals surface area contributed by atoms with Gasteiger partial charge in [0.25, 0.3) is 0 Å². The number of nitroso groups, excluding NO2 is 1. The molecule has 0 aliphatic rings. The molecule has 0 atom stereocenters. The second-order valence-electron chi connectivity index (χ2n) is 1.24. The molecule has 0 saturated heterocycles. The summed E-state index contributed by atoms with van der Waals surface area (Å²) >= 11 is 0. The van der Waals surface area contributed by atoms with Crippen LogP contribution in [0.1, 0.15) is 6.92 Å². The summed E-state index contributed by atoms with van der Waals surface area (Å²) in [6.45, 7) is 1.89. The molecule has 0 unspecified atom stereocenters.